The summed E-state index contributed by atoms with van der Waals surface area (Å²) in [6, 6.07) is 14.0. The van der Waals surface area contributed by atoms with E-state index in [4.69, 9.17) is 14.2 Å². The number of rotatable bonds is 8. The number of ether oxygens (including phenoxy) is 3. The average molecular weight is 398 g/mol. The lowest BCUT2D eigenvalue weighted by Crippen LogP contribution is -2.34. The number of hydrogen-bond donors (Lipinski definition) is 2. The van der Waals surface area contributed by atoms with E-state index in [1.807, 2.05) is 6.07 Å². The first-order valence-corrected chi connectivity index (χ1v) is 9.68. The van der Waals surface area contributed by atoms with E-state index in [1.54, 1.807) is 56.5 Å². The minimum absolute atomic E-state index is 0.0509. The van der Waals surface area contributed by atoms with E-state index in [9.17, 15) is 9.59 Å². The lowest BCUT2D eigenvalue weighted by Gasteiger charge is -2.18. The lowest BCUT2D eigenvalue weighted by atomic mass is 10.1. The third-order valence-corrected chi connectivity index (χ3v) is 4.69. The fourth-order valence-corrected chi connectivity index (χ4v) is 3.09. The molecule has 0 bridgehead atoms. The van der Waals surface area contributed by atoms with Gasteiger partial charge in [-0.1, -0.05) is 24.3 Å². The van der Waals surface area contributed by atoms with Crippen molar-refractivity contribution in [3.63, 3.8) is 0 Å². The highest BCUT2D eigenvalue weighted by atomic mass is 16.5. The summed E-state index contributed by atoms with van der Waals surface area (Å²) in [4.78, 5) is 25.2. The van der Waals surface area contributed by atoms with Crippen LogP contribution in [0, 0.1) is 0 Å². The topological polar surface area (TPSA) is 85.9 Å². The van der Waals surface area contributed by atoms with E-state index in [1.165, 1.54) is 0 Å². The molecule has 2 N–H and O–H groups in total. The summed E-state index contributed by atoms with van der Waals surface area (Å²) < 4.78 is 16.5. The van der Waals surface area contributed by atoms with E-state index in [2.05, 4.69) is 10.6 Å². The maximum Gasteiger partial charge on any atom is 0.265 e. The van der Waals surface area contributed by atoms with Crippen LogP contribution in [0.5, 0.6) is 11.5 Å². The second-order valence-corrected chi connectivity index (χ2v) is 6.79. The molecule has 0 radical (unpaired) electrons. The molecule has 29 heavy (non-hydrogen) atoms. The van der Waals surface area contributed by atoms with E-state index in [-0.39, 0.29) is 17.9 Å². The Balaban J connectivity index is 1.63. The fraction of sp³-hybridized carbons (Fsp3) is 0.364. The van der Waals surface area contributed by atoms with Crippen molar-refractivity contribution < 1.29 is 23.8 Å². The first kappa shape index (κ1) is 20.7. The van der Waals surface area contributed by atoms with Gasteiger partial charge in [0.2, 0.25) is 0 Å². The van der Waals surface area contributed by atoms with Crippen molar-refractivity contribution in [3.05, 3.63) is 54.1 Å². The molecule has 0 aromatic heterocycles. The smallest absolute Gasteiger partial charge is 0.265 e. The lowest BCUT2D eigenvalue weighted by molar-refractivity contribution is -0.122. The van der Waals surface area contributed by atoms with Crippen LogP contribution in [0.2, 0.25) is 0 Å². The molecule has 1 aliphatic heterocycles. The number of methoxy groups -OCH3 is 1. The number of anilines is 1. The van der Waals surface area contributed by atoms with E-state index in [0.717, 1.165) is 19.4 Å². The molecular formula is C22H26N2O5. The van der Waals surface area contributed by atoms with Gasteiger partial charge in [-0.2, -0.15) is 0 Å². The molecule has 7 nitrogen and oxygen atoms in total. The van der Waals surface area contributed by atoms with Crippen LogP contribution < -0.4 is 20.1 Å². The highest BCUT2D eigenvalue weighted by molar-refractivity contribution is 6.04. The fourth-order valence-electron chi connectivity index (χ4n) is 3.09. The van der Waals surface area contributed by atoms with Crippen LogP contribution in [0.15, 0.2) is 48.5 Å². The molecule has 2 atom stereocenters. The Morgan fingerprint density at radius 1 is 1.14 bits per heavy atom. The van der Waals surface area contributed by atoms with Gasteiger partial charge in [-0.05, 0) is 44.0 Å². The van der Waals surface area contributed by atoms with Crippen LogP contribution in [-0.2, 0) is 9.53 Å². The van der Waals surface area contributed by atoms with Crippen molar-refractivity contribution in [2.75, 3.05) is 25.6 Å². The van der Waals surface area contributed by atoms with E-state index < -0.39 is 6.10 Å². The Hall–Kier alpha value is -3.06. The van der Waals surface area contributed by atoms with E-state index in [0.29, 0.717) is 29.3 Å². The van der Waals surface area contributed by atoms with Gasteiger partial charge in [0.25, 0.3) is 11.8 Å². The summed E-state index contributed by atoms with van der Waals surface area (Å²) in [6.45, 7) is 2.83. The third kappa shape index (κ3) is 5.48. The molecule has 1 aliphatic rings. The number of carbonyl (C=O) groups excluding carboxylic acids is 2. The molecule has 1 heterocycles. The summed E-state index contributed by atoms with van der Waals surface area (Å²) >= 11 is 0. The van der Waals surface area contributed by atoms with Crippen LogP contribution >= 0.6 is 0 Å². The van der Waals surface area contributed by atoms with Crippen molar-refractivity contribution >= 4 is 17.5 Å². The van der Waals surface area contributed by atoms with Gasteiger partial charge in [-0.3, -0.25) is 9.59 Å². The molecule has 7 heteroatoms. The standard InChI is InChI=1S/C22H26N2O5/c1-15(29-20-12-6-5-11-19(20)27-2)21(25)24-18-10-4-3-9-17(18)22(26)23-14-16-8-7-13-28-16/h3-6,9-12,15-16H,7-8,13-14H2,1-2H3,(H,23,26)(H,24,25)/t15-,16-/m1/s1. The van der Waals surface area contributed by atoms with Crippen molar-refractivity contribution in [3.8, 4) is 11.5 Å². The monoisotopic (exact) mass is 398 g/mol. The highest BCUT2D eigenvalue weighted by Crippen LogP contribution is 2.27. The van der Waals surface area contributed by atoms with Crippen LogP contribution in [0.4, 0.5) is 5.69 Å². The van der Waals surface area contributed by atoms with Crippen molar-refractivity contribution in [1.29, 1.82) is 0 Å². The number of benzene rings is 2. The van der Waals surface area contributed by atoms with Gasteiger partial charge in [-0.25, -0.2) is 0 Å². The number of para-hydroxylation sites is 3. The minimum atomic E-state index is -0.783. The zero-order valence-electron chi connectivity index (χ0n) is 16.6. The Bertz CT molecular complexity index is 849. The zero-order valence-corrected chi connectivity index (χ0v) is 16.6. The molecule has 0 spiro atoms. The number of amides is 2. The summed E-state index contributed by atoms with van der Waals surface area (Å²) in [5, 5.41) is 5.66. The molecule has 1 saturated heterocycles. The molecule has 0 unspecified atom stereocenters. The molecule has 3 rings (SSSR count). The highest BCUT2D eigenvalue weighted by Gasteiger charge is 2.21. The zero-order chi connectivity index (χ0) is 20.6. The first-order chi connectivity index (χ1) is 14.1. The SMILES string of the molecule is COc1ccccc1O[C@H](C)C(=O)Nc1ccccc1C(=O)NC[C@H]1CCCO1. The Labute approximate surface area is 170 Å². The van der Waals surface area contributed by atoms with Crippen LogP contribution in [-0.4, -0.2) is 44.3 Å². The Kier molecular flexibility index (Phi) is 7.08. The Morgan fingerprint density at radius 2 is 1.86 bits per heavy atom. The van der Waals surface area contributed by atoms with Crippen LogP contribution in [0.1, 0.15) is 30.1 Å². The predicted octanol–water partition coefficient (Wildman–Crippen LogP) is 3.01. The number of hydrogen-bond acceptors (Lipinski definition) is 5. The van der Waals surface area contributed by atoms with E-state index >= 15 is 0 Å². The predicted molar refractivity (Wildman–Crippen MR) is 109 cm³/mol. The maximum atomic E-state index is 12.6. The quantitative estimate of drug-likeness (QED) is 0.714. The molecular weight excluding hydrogens is 372 g/mol. The van der Waals surface area contributed by atoms with Gasteiger partial charge in [0.15, 0.2) is 17.6 Å². The number of nitrogens with one attached hydrogen (secondary N) is 2. The van der Waals surface area contributed by atoms with Gasteiger partial charge in [-0.15, -0.1) is 0 Å². The summed E-state index contributed by atoms with van der Waals surface area (Å²) in [6.07, 6.45) is 1.22. The van der Waals surface area contributed by atoms with Crippen molar-refractivity contribution in [1.82, 2.24) is 5.32 Å². The van der Waals surface area contributed by atoms with Crippen molar-refractivity contribution in [2.24, 2.45) is 0 Å². The Morgan fingerprint density at radius 3 is 2.59 bits per heavy atom. The normalized spacial score (nSPS) is 16.7. The summed E-state index contributed by atoms with van der Waals surface area (Å²) in [5.41, 5.74) is 0.821. The van der Waals surface area contributed by atoms with Crippen LogP contribution in [0.25, 0.3) is 0 Å². The van der Waals surface area contributed by atoms with Crippen molar-refractivity contribution in [2.45, 2.75) is 32.0 Å². The third-order valence-electron chi connectivity index (χ3n) is 4.69. The van der Waals surface area contributed by atoms with Gasteiger partial charge >= 0.3 is 0 Å². The molecule has 154 valence electrons. The second-order valence-electron chi connectivity index (χ2n) is 6.79. The molecule has 1 fully saturated rings. The summed E-state index contributed by atoms with van der Waals surface area (Å²) in [7, 11) is 1.54. The molecule has 0 saturated carbocycles. The first-order valence-electron chi connectivity index (χ1n) is 9.68. The van der Waals surface area contributed by atoms with Crippen LogP contribution in [0.3, 0.4) is 0 Å². The molecule has 2 amide bonds. The molecule has 2 aromatic rings. The minimum Gasteiger partial charge on any atom is -0.493 e. The second kappa shape index (κ2) is 9.93. The van der Waals surface area contributed by atoms with Gasteiger partial charge in [0, 0.05) is 13.2 Å². The van der Waals surface area contributed by atoms with Gasteiger partial charge in [0.05, 0.1) is 24.5 Å². The average Bonchev–Trinajstić information content (AvgIpc) is 3.26. The van der Waals surface area contributed by atoms with Gasteiger partial charge < -0.3 is 24.8 Å². The summed E-state index contributed by atoms with van der Waals surface area (Å²) in [5.74, 6) is 0.395. The largest absolute Gasteiger partial charge is 0.493 e. The molecule has 0 aliphatic carbocycles. The molecule has 2 aromatic carbocycles. The number of carbonyl (C=O) groups is 2. The maximum absolute atomic E-state index is 12.6. The van der Waals surface area contributed by atoms with Gasteiger partial charge in [0.1, 0.15) is 0 Å².